The number of hydrogen-bond donors (Lipinski definition) is 0. The fourth-order valence-electron chi connectivity index (χ4n) is 2.65. The van der Waals surface area contributed by atoms with Gasteiger partial charge in [-0.15, -0.1) is 0 Å². The molecule has 3 heteroatoms. The third-order valence-corrected chi connectivity index (χ3v) is 9.92. The Hall–Kier alpha value is -0.643. The Labute approximate surface area is 143 Å². The van der Waals surface area contributed by atoms with Crippen molar-refractivity contribution in [3.05, 3.63) is 35.9 Å². The van der Waals surface area contributed by atoms with E-state index < -0.39 is 8.32 Å². The normalized spacial score (nSPS) is 17.3. The third-order valence-electron chi connectivity index (χ3n) is 5.37. The van der Waals surface area contributed by atoms with Gasteiger partial charge in [0.1, 0.15) is 0 Å². The summed E-state index contributed by atoms with van der Waals surface area (Å²) in [6.45, 7) is 13.3. The molecule has 1 fully saturated rings. The first kappa shape index (κ1) is 18.7. The molecular weight excluding hydrogens is 300 g/mol. The summed E-state index contributed by atoms with van der Waals surface area (Å²) in [7, 11) is -1.63. The largest absolute Gasteiger partial charge is 0.411 e. The second kappa shape index (κ2) is 7.50. The highest BCUT2D eigenvalue weighted by atomic mass is 28.4. The van der Waals surface area contributed by atoms with E-state index in [1.165, 1.54) is 31.2 Å². The van der Waals surface area contributed by atoms with Gasteiger partial charge in [0.05, 0.1) is 12.2 Å². The van der Waals surface area contributed by atoms with Crippen LogP contribution in [0, 0.1) is 0 Å². The van der Waals surface area contributed by atoms with Crippen LogP contribution in [0.4, 0.5) is 0 Å². The van der Waals surface area contributed by atoms with Gasteiger partial charge in [-0.2, -0.15) is 0 Å². The van der Waals surface area contributed by atoms with Crippen molar-refractivity contribution >= 4 is 8.32 Å². The molecule has 0 atom stereocenters. The van der Waals surface area contributed by atoms with Crippen molar-refractivity contribution in [2.75, 3.05) is 6.61 Å². The van der Waals surface area contributed by atoms with E-state index in [0.29, 0.717) is 5.04 Å². The monoisotopic (exact) mass is 334 g/mol. The lowest BCUT2D eigenvalue weighted by Crippen LogP contribution is -2.44. The number of unbranched alkanes of at least 4 members (excludes halogenated alkanes) is 1. The Kier molecular flexibility index (Phi) is 6.09. The lowest BCUT2D eigenvalue weighted by Gasteiger charge is -2.39. The molecule has 0 heterocycles. The predicted octanol–water partition coefficient (Wildman–Crippen LogP) is 5.93. The zero-order chi connectivity index (χ0) is 17.0. The summed E-state index contributed by atoms with van der Waals surface area (Å²) < 4.78 is 12.5. The molecule has 0 aromatic heterocycles. The third kappa shape index (κ3) is 5.73. The molecule has 0 aliphatic heterocycles. The van der Waals surface area contributed by atoms with Crippen LogP contribution in [0.5, 0.6) is 0 Å². The Morgan fingerprint density at radius 1 is 1.04 bits per heavy atom. The van der Waals surface area contributed by atoms with E-state index in [-0.39, 0.29) is 5.60 Å². The maximum atomic E-state index is 6.67. The van der Waals surface area contributed by atoms with Crippen LogP contribution in [-0.2, 0) is 15.8 Å². The summed E-state index contributed by atoms with van der Waals surface area (Å²) in [4.78, 5) is 0. The van der Waals surface area contributed by atoms with E-state index >= 15 is 0 Å². The van der Waals surface area contributed by atoms with E-state index in [0.717, 1.165) is 19.6 Å². The van der Waals surface area contributed by atoms with Gasteiger partial charge in [0.2, 0.25) is 0 Å². The second-order valence-electron chi connectivity index (χ2n) is 8.54. The lowest BCUT2D eigenvalue weighted by molar-refractivity contribution is 0.106. The van der Waals surface area contributed by atoms with Crippen LogP contribution in [0.2, 0.25) is 18.1 Å². The maximum Gasteiger partial charge on any atom is 0.192 e. The van der Waals surface area contributed by atoms with Crippen molar-refractivity contribution in [3.8, 4) is 0 Å². The molecule has 0 unspecified atom stereocenters. The van der Waals surface area contributed by atoms with Crippen LogP contribution in [0.3, 0.4) is 0 Å². The van der Waals surface area contributed by atoms with Gasteiger partial charge in [0.15, 0.2) is 8.32 Å². The molecule has 23 heavy (non-hydrogen) atoms. The molecule has 1 aliphatic carbocycles. The van der Waals surface area contributed by atoms with Crippen molar-refractivity contribution in [3.63, 3.8) is 0 Å². The fourth-order valence-corrected chi connectivity index (χ4v) is 4.35. The molecule has 2 rings (SSSR count). The zero-order valence-corrected chi connectivity index (χ0v) is 16.7. The first-order chi connectivity index (χ1) is 10.7. The fraction of sp³-hybridized carbons (Fsp3) is 0.700. The number of ether oxygens (including phenoxy) is 1. The first-order valence-electron chi connectivity index (χ1n) is 9.06. The molecule has 0 spiro atoms. The van der Waals surface area contributed by atoms with Crippen molar-refractivity contribution in [2.45, 2.75) is 83.2 Å². The Morgan fingerprint density at radius 2 is 1.70 bits per heavy atom. The van der Waals surface area contributed by atoms with Gasteiger partial charge in [0.25, 0.3) is 0 Å². The minimum absolute atomic E-state index is 0.211. The van der Waals surface area contributed by atoms with Crippen LogP contribution in [-0.4, -0.2) is 20.5 Å². The summed E-state index contributed by atoms with van der Waals surface area (Å²) in [6.07, 6.45) is 6.06. The number of hydrogen-bond acceptors (Lipinski definition) is 2. The molecule has 0 N–H and O–H groups in total. The van der Waals surface area contributed by atoms with Crippen molar-refractivity contribution in [2.24, 2.45) is 0 Å². The zero-order valence-electron chi connectivity index (χ0n) is 15.7. The van der Waals surface area contributed by atoms with Gasteiger partial charge in [-0.1, -0.05) is 51.1 Å². The summed E-state index contributed by atoms with van der Waals surface area (Å²) in [5, 5.41) is 0.307. The molecule has 1 aromatic carbocycles. The summed E-state index contributed by atoms with van der Waals surface area (Å²) in [6, 6.07) is 10.4. The molecule has 0 bridgehead atoms. The molecule has 0 radical (unpaired) electrons. The molecule has 0 amide bonds. The average Bonchev–Trinajstić information content (AvgIpc) is 3.22. The highest BCUT2D eigenvalue weighted by molar-refractivity contribution is 6.74. The molecule has 1 aromatic rings. The van der Waals surface area contributed by atoms with E-state index in [1.54, 1.807) is 0 Å². The van der Waals surface area contributed by atoms with E-state index in [4.69, 9.17) is 9.16 Å². The quantitative estimate of drug-likeness (QED) is 0.412. The van der Waals surface area contributed by atoms with Gasteiger partial charge in [-0.05, 0) is 55.8 Å². The molecule has 2 nitrogen and oxygen atoms in total. The van der Waals surface area contributed by atoms with Crippen molar-refractivity contribution in [1.82, 2.24) is 0 Å². The minimum atomic E-state index is -1.63. The van der Waals surface area contributed by atoms with Gasteiger partial charge >= 0.3 is 0 Å². The first-order valence-corrected chi connectivity index (χ1v) is 12.0. The molecule has 0 saturated heterocycles. The molecule has 130 valence electrons. The van der Waals surface area contributed by atoms with Gasteiger partial charge in [-0.3, -0.25) is 0 Å². The van der Waals surface area contributed by atoms with E-state index in [2.05, 4.69) is 58.1 Å². The Morgan fingerprint density at radius 3 is 2.26 bits per heavy atom. The molecule has 1 saturated carbocycles. The predicted molar refractivity (Wildman–Crippen MR) is 100 cm³/mol. The van der Waals surface area contributed by atoms with Gasteiger partial charge in [0, 0.05) is 6.61 Å². The van der Waals surface area contributed by atoms with Crippen LogP contribution >= 0.6 is 0 Å². The van der Waals surface area contributed by atoms with Crippen LogP contribution in [0.1, 0.15) is 58.4 Å². The van der Waals surface area contributed by atoms with Gasteiger partial charge in [-0.25, -0.2) is 0 Å². The lowest BCUT2D eigenvalue weighted by atomic mass is 10.1. The van der Waals surface area contributed by atoms with Crippen LogP contribution < -0.4 is 0 Å². The van der Waals surface area contributed by atoms with Crippen LogP contribution in [0.25, 0.3) is 0 Å². The molecular formula is C20H34O2Si. The number of rotatable bonds is 9. The number of benzene rings is 1. The highest BCUT2D eigenvalue weighted by Gasteiger charge is 2.50. The maximum absolute atomic E-state index is 6.67. The average molecular weight is 335 g/mol. The SMILES string of the molecule is CC(C)(C)[Si](C)(C)OC1(CCCCOCc2ccccc2)CC1. The topological polar surface area (TPSA) is 18.5 Å². The summed E-state index contributed by atoms with van der Waals surface area (Å²) >= 11 is 0. The van der Waals surface area contributed by atoms with Crippen molar-refractivity contribution in [1.29, 1.82) is 0 Å². The van der Waals surface area contributed by atoms with Crippen LogP contribution in [0.15, 0.2) is 30.3 Å². The second-order valence-corrected chi connectivity index (χ2v) is 13.3. The Bertz CT molecular complexity index is 472. The standard InChI is InChI=1S/C20H34O2Si/c1-19(2,3)23(4,5)22-20(14-15-20)13-9-10-16-21-17-18-11-7-6-8-12-18/h6-8,11-12H,9-10,13-17H2,1-5H3. The summed E-state index contributed by atoms with van der Waals surface area (Å²) in [5.74, 6) is 0. The smallest absolute Gasteiger partial charge is 0.192 e. The minimum Gasteiger partial charge on any atom is -0.411 e. The molecule has 1 aliphatic rings. The Balaban J connectivity index is 1.62. The van der Waals surface area contributed by atoms with Gasteiger partial charge < -0.3 is 9.16 Å². The van der Waals surface area contributed by atoms with Crippen molar-refractivity contribution < 1.29 is 9.16 Å². The van der Waals surface area contributed by atoms with E-state index in [9.17, 15) is 0 Å². The summed E-state index contributed by atoms with van der Waals surface area (Å²) in [5.41, 5.74) is 1.47. The van der Waals surface area contributed by atoms with E-state index in [1.807, 2.05) is 6.07 Å². The highest BCUT2D eigenvalue weighted by Crippen LogP contribution is 2.50.